The molecule has 1 rings (SSSR count). The van der Waals surface area contributed by atoms with Gasteiger partial charge in [0.1, 0.15) is 11.6 Å². The van der Waals surface area contributed by atoms with Crippen molar-refractivity contribution in [2.75, 3.05) is 32.2 Å². The second kappa shape index (κ2) is 12.5. The molecule has 0 bridgehead atoms. The summed E-state index contributed by atoms with van der Waals surface area (Å²) in [6.07, 6.45) is 4.05. The molecule has 0 unspecified atom stereocenters. The average molecular weight is 359 g/mol. The summed E-state index contributed by atoms with van der Waals surface area (Å²) in [5, 5.41) is 14.6. The van der Waals surface area contributed by atoms with Crippen LogP contribution in [0.25, 0.3) is 0 Å². The number of carbonyl (C=O) groups excluding carboxylic acids is 2. The predicted octanol–water partition coefficient (Wildman–Crippen LogP) is 2.62. The number of nitrogens with zero attached hydrogens (tertiary/aromatic N) is 1. The van der Waals surface area contributed by atoms with Gasteiger partial charge in [0, 0.05) is 26.0 Å². The lowest BCUT2D eigenvalue weighted by Gasteiger charge is -2.08. The van der Waals surface area contributed by atoms with E-state index >= 15 is 0 Å². The number of esters is 1. The van der Waals surface area contributed by atoms with E-state index in [1.54, 1.807) is 24.3 Å². The highest BCUT2D eigenvalue weighted by Crippen LogP contribution is 2.16. The van der Waals surface area contributed by atoms with Crippen molar-refractivity contribution in [2.45, 2.75) is 26.2 Å². The fourth-order valence-electron chi connectivity index (χ4n) is 2.02. The summed E-state index contributed by atoms with van der Waals surface area (Å²) in [5.74, 6) is -0.989. The SMILES string of the molecule is CCCCOCCCNC(=O)/C(C#N)=C\Nc1ccccc1C(=O)OC. The van der Waals surface area contributed by atoms with Gasteiger partial charge in [-0.3, -0.25) is 4.79 Å². The fourth-order valence-corrected chi connectivity index (χ4v) is 2.02. The molecule has 140 valence electrons. The Bertz CT molecular complexity index is 665. The third-order valence-corrected chi connectivity index (χ3v) is 3.46. The summed E-state index contributed by atoms with van der Waals surface area (Å²) in [7, 11) is 1.29. The highest BCUT2D eigenvalue weighted by molar-refractivity contribution is 5.98. The van der Waals surface area contributed by atoms with Gasteiger partial charge in [-0.05, 0) is 25.0 Å². The second-order valence-corrected chi connectivity index (χ2v) is 5.43. The Balaban J connectivity index is 2.54. The van der Waals surface area contributed by atoms with Gasteiger partial charge < -0.3 is 20.1 Å². The van der Waals surface area contributed by atoms with Crippen molar-refractivity contribution >= 4 is 17.6 Å². The van der Waals surface area contributed by atoms with Crippen LogP contribution in [0.4, 0.5) is 5.69 Å². The van der Waals surface area contributed by atoms with Crippen LogP contribution in [0.1, 0.15) is 36.5 Å². The van der Waals surface area contributed by atoms with E-state index < -0.39 is 11.9 Å². The minimum atomic E-state index is -0.507. The van der Waals surface area contributed by atoms with Gasteiger partial charge in [-0.25, -0.2) is 4.79 Å². The number of para-hydroxylation sites is 1. The van der Waals surface area contributed by atoms with Crippen molar-refractivity contribution in [1.82, 2.24) is 5.32 Å². The molecule has 0 saturated carbocycles. The topological polar surface area (TPSA) is 100 Å². The van der Waals surface area contributed by atoms with Gasteiger partial charge in [-0.2, -0.15) is 5.26 Å². The summed E-state index contributed by atoms with van der Waals surface area (Å²) in [6.45, 7) is 3.80. The Morgan fingerprint density at radius 2 is 1.96 bits per heavy atom. The van der Waals surface area contributed by atoms with E-state index in [1.807, 2.05) is 6.07 Å². The number of hydrogen-bond donors (Lipinski definition) is 2. The molecule has 1 aromatic rings. The van der Waals surface area contributed by atoms with E-state index in [9.17, 15) is 9.59 Å². The standard InChI is InChI=1S/C19H25N3O4/c1-3-4-11-26-12-7-10-21-18(23)15(13-20)14-22-17-9-6-5-8-16(17)19(24)25-2/h5-6,8-9,14,22H,3-4,7,10-12H2,1-2H3,(H,21,23)/b15-14-. The van der Waals surface area contributed by atoms with Crippen molar-refractivity contribution in [3.63, 3.8) is 0 Å². The van der Waals surface area contributed by atoms with Gasteiger partial charge >= 0.3 is 5.97 Å². The maximum absolute atomic E-state index is 12.0. The molecule has 1 amide bonds. The molecule has 1 aromatic carbocycles. The first kappa shape index (κ1) is 21.2. The van der Waals surface area contributed by atoms with Crippen molar-refractivity contribution in [3.05, 3.63) is 41.6 Å². The molecule has 0 fully saturated rings. The zero-order valence-electron chi connectivity index (χ0n) is 15.2. The molecule has 0 aliphatic rings. The summed E-state index contributed by atoms with van der Waals surface area (Å²) in [6, 6.07) is 8.51. The molecule has 0 atom stereocenters. The maximum atomic E-state index is 12.0. The fraction of sp³-hybridized carbons (Fsp3) is 0.421. The molecule has 7 nitrogen and oxygen atoms in total. The molecule has 0 radical (unpaired) electrons. The van der Waals surface area contributed by atoms with Crippen molar-refractivity contribution < 1.29 is 19.1 Å². The number of methoxy groups -OCH3 is 1. The number of hydrogen-bond acceptors (Lipinski definition) is 6. The summed E-state index contributed by atoms with van der Waals surface area (Å²) in [5.41, 5.74) is 0.675. The van der Waals surface area contributed by atoms with Crippen LogP contribution in [0.5, 0.6) is 0 Å². The third-order valence-electron chi connectivity index (χ3n) is 3.46. The first-order valence-corrected chi connectivity index (χ1v) is 8.54. The van der Waals surface area contributed by atoms with E-state index in [2.05, 4.69) is 17.6 Å². The first-order chi connectivity index (χ1) is 12.6. The van der Waals surface area contributed by atoms with E-state index in [-0.39, 0.29) is 5.57 Å². The molecule has 0 saturated heterocycles. The summed E-state index contributed by atoms with van der Waals surface area (Å²) < 4.78 is 10.1. The Morgan fingerprint density at radius 3 is 2.65 bits per heavy atom. The van der Waals surface area contributed by atoms with Crippen LogP contribution >= 0.6 is 0 Å². The monoisotopic (exact) mass is 359 g/mol. The van der Waals surface area contributed by atoms with Crippen LogP contribution in [0.3, 0.4) is 0 Å². The van der Waals surface area contributed by atoms with E-state index in [0.717, 1.165) is 19.4 Å². The number of unbranched alkanes of at least 4 members (excludes halogenated alkanes) is 1. The lowest BCUT2D eigenvalue weighted by atomic mass is 10.2. The van der Waals surface area contributed by atoms with E-state index in [0.29, 0.717) is 30.8 Å². The minimum Gasteiger partial charge on any atom is -0.465 e. The van der Waals surface area contributed by atoms with Gasteiger partial charge in [-0.15, -0.1) is 0 Å². The number of ether oxygens (including phenoxy) is 2. The van der Waals surface area contributed by atoms with Crippen molar-refractivity contribution in [3.8, 4) is 6.07 Å². The van der Waals surface area contributed by atoms with Crippen molar-refractivity contribution in [1.29, 1.82) is 5.26 Å². The van der Waals surface area contributed by atoms with Crippen LogP contribution in [0, 0.1) is 11.3 Å². The Kier molecular flexibility index (Phi) is 10.2. The quantitative estimate of drug-likeness (QED) is 0.273. The minimum absolute atomic E-state index is 0.0865. The molecule has 26 heavy (non-hydrogen) atoms. The molecule has 0 spiro atoms. The molecule has 7 heteroatoms. The van der Waals surface area contributed by atoms with Gasteiger partial charge in [0.05, 0.1) is 18.4 Å². The second-order valence-electron chi connectivity index (χ2n) is 5.43. The highest BCUT2D eigenvalue weighted by Gasteiger charge is 2.12. The predicted molar refractivity (Wildman–Crippen MR) is 98.5 cm³/mol. The highest BCUT2D eigenvalue weighted by atomic mass is 16.5. The van der Waals surface area contributed by atoms with Gasteiger partial charge in [0.2, 0.25) is 0 Å². The largest absolute Gasteiger partial charge is 0.465 e. The zero-order chi connectivity index (χ0) is 19.2. The normalized spacial score (nSPS) is 10.7. The smallest absolute Gasteiger partial charge is 0.339 e. The summed E-state index contributed by atoms with van der Waals surface area (Å²) in [4.78, 5) is 23.7. The molecule has 0 aliphatic carbocycles. The van der Waals surface area contributed by atoms with Gasteiger partial charge in [0.15, 0.2) is 0 Å². The molecular weight excluding hydrogens is 334 g/mol. The molecule has 2 N–H and O–H groups in total. The Labute approximate surface area is 154 Å². The van der Waals surface area contributed by atoms with E-state index in [4.69, 9.17) is 14.7 Å². The molecular formula is C19H25N3O4. The number of rotatable bonds is 11. The number of anilines is 1. The lowest BCUT2D eigenvalue weighted by Crippen LogP contribution is -2.26. The van der Waals surface area contributed by atoms with Crippen LogP contribution in [0.15, 0.2) is 36.0 Å². The van der Waals surface area contributed by atoms with E-state index in [1.165, 1.54) is 13.3 Å². The van der Waals surface area contributed by atoms with Gasteiger partial charge in [-0.1, -0.05) is 25.5 Å². The zero-order valence-corrected chi connectivity index (χ0v) is 15.2. The molecule has 0 heterocycles. The number of benzene rings is 1. The first-order valence-electron chi connectivity index (χ1n) is 8.54. The Morgan fingerprint density at radius 1 is 1.23 bits per heavy atom. The van der Waals surface area contributed by atoms with Crippen LogP contribution in [0.2, 0.25) is 0 Å². The molecule has 0 aliphatic heterocycles. The molecule has 0 aromatic heterocycles. The maximum Gasteiger partial charge on any atom is 0.339 e. The van der Waals surface area contributed by atoms with Crippen LogP contribution in [-0.4, -0.2) is 38.7 Å². The number of nitrogens with one attached hydrogen (secondary N) is 2. The Hall–Kier alpha value is -2.85. The van der Waals surface area contributed by atoms with Gasteiger partial charge in [0.25, 0.3) is 5.91 Å². The average Bonchev–Trinajstić information content (AvgIpc) is 2.67. The number of amides is 1. The lowest BCUT2D eigenvalue weighted by molar-refractivity contribution is -0.117. The van der Waals surface area contributed by atoms with Crippen LogP contribution in [-0.2, 0) is 14.3 Å². The van der Waals surface area contributed by atoms with Crippen LogP contribution < -0.4 is 10.6 Å². The third kappa shape index (κ3) is 7.36. The van der Waals surface area contributed by atoms with Crippen molar-refractivity contribution in [2.24, 2.45) is 0 Å². The number of carbonyl (C=O) groups is 2. The number of nitriles is 1. The summed E-state index contributed by atoms with van der Waals surface area (Å²) >= 11 is 0.